The molecule has 2 atom stereocenters. The Labute approximate surface area is 183 Å². The summed E-state index contributed by atoms with van der Waals surface area (Å²) in [6, 6.07) is 11.4. The maximum absolute atomic E-state index is 12.4. The Bertz CT molecular complexity index is 1010. The van der Waals surface area contributed by atoms with Crippen LogP contribution in [0.2, 0.25) is 0 Å². The largest absolute Gasteiger partial charge is 0.394 e. The van der Waals surface area contributed by atoms with Crippen LogP contribution in [-0.4, -0.2) is 46.3 Å². The molecule has 2 aromatic rings. The first-order valence-corrected chi connectivity index (χ1v) is 10.6. The van der Waals surface area contributed by atoms with Gasteiger partial charge in [0.1, 0.15) is 0 Å². The van der Waals surface area contributed by atoms with Gasteiger partial charge >= 0.3 is 0 Å². The molecule has 4 rings (SSSR count). The van der Waals surface area contributed by atoms with Gasteiger partial charge in [-0.05, 0) is 55.2 Å². The van der Waals surface area contributed by atoms with Gasteiger partial charge in [0, 0.05) is 54.6 Å². The van der Waals surface area contributed by atoms with Crippen LogP contribution >= 0.6 is 0 Å². The predicted molar refractivity (Wildman–Crippen MR) is 123 cm³/mol. The minimum absolute atomic E-state index is 0.0296. The Morgan fingerprint density at radius 2 is 2.10 bits per heavy atom. The number of pyridine rings is 1. The lowest BCUT2D eigenvalue weighted by Crippen LogP contribution is -2.45. The van der Waals surface area contributed by atoms with Crippen LogP contribution in [0.5, 0.6) is 0 Å². The SMILES string of the molecule is C=C1CC[C@H](c2ccc(NC(=O)c3cccnc3)cc2)[C@@H](CO)N1CC1=C(C)N=CC1. The van der Waals surface area contributed by atoms with Gasteiger partial charge in [-0.25, -0.2) is 0 Å². The van der Waals surface area contributed by atoms with Crippen molar-refractivity contribution in [2.24, 2.45) is 4.99 Å². The number of rotatable bonds is 6. The third-order valence-corrected chi connectivity index (χ3v) is 6.22. The number of carbonyl (C=O) groups is 1. The Morgan fingerprint density at radius 1 is 1.29 bits per heavy atom. The number of likely N-dealkylation sites (tertiary alicyclic amines) is 1. The third-order valence-electron chi connectivity index (χ3n) is 6.22. The molecule has 6 heteroatoms. The van der Waals surface area contributed by atoms with E-state index in [9.17, 15) is 9.90 Å². The second-order valence-corrected chi connectivity index (χ2v) is 8.11. The molecule has 0 aliphatic carbocycles. The van der Waals surface area contributed by atoms with Crippen molar-refractivity contribution >= 4 is 17.8 Å². The van der Waals surface area contributed by atoms with Crippen molar-refractivity contribution in [1.82, 2.24) is 9.88 Å². The van der Waals surface area contributed by atoms with Crippen molar-refractivity contribution in [2.45, 2.75) is 38.1 Å². The van der Waals surface area contributed by atoms with Crippen molar-refractivity contribution in [3.05, 3.63) is 83.5 Å². The fourth-order valence-electron chi connectivity index (χ4n) is 4.38. The minimum Gasteiger partial charge on any atom is -0.394 e. The fourth-order valence-corrected chi connectivity index (χ4v) is 4.38. The van der Waals surface area contributed by atoms with Crippen molar-refractivity contribution in [3.63, 3.8) is 0 Å². The van der Waals surface area contributed by atoms with Gasteiger partial charge in [-0.3, -0.25) is 14.8 Å². The van der Waals surface area contributed by atoms with Crippen LogP contribution < -0.4 is 5.32 Å². The predicted octanol–water partition coefficient (Wildman–Crippen LogP) is 4.14. The normalized spacial score (nSPS) is 21.0. The standard InChI is InChI=1S/C25H28N4O2/c1-17-5-10-23(24(16-30)29(17)15-21-11-13-27-18(21)2)19-6-8-22(9-7-19)28-25(31)20-4-3-12-26-14-20/h3-4,6-9,12-14,23-24,30H,1,5,10-11,15-16H2,2H3,(H,28,31)/t23-,24-/m1/s1. The van der Waals surface area contributed by atoms with Gasteiger partial charge in [0.15, 0.2) is 0 Å². The molecule has 2 aliphatic heterocycles. The zero-order valence-electron chi connectivity index (χ0n) is 17.8. The van der Waals surface area contributed by atoms with Gasteiger partial charge in [0.2, 0.25) is 0 Å². The zero-order valence-corrected chi connectivity index (χ0v) is 17.8. The summed E-state index contributed by atoms with van der Waals surface area (Å²) in [5.74, 6) is 0.0125. The highest BCUT2D eigenvalue weighted by Gasteiger charge is 2.34. The molecule has 0 saturated carbocycles. The van der Waals surface area contributed by atoms with Crippen LogP contribution in [0.15, 0.2) is 77.3 Å². The van der Waals surface area contributed by atoms with Crippen molar-refractivity contribution in [3.8, 4) is 0 Å². The summed E-state index contributed by atoms with van der Waals surface area (Å²) in [6.07, 6.45) is 7.84. The molecule has 160 valence electrons. The quantitative estimate of drug-likeness (QED) is 0.742. The average Bonchev–Trinajstić information content (AvgIpc) is 3.20. The molecule has 1 saturated heterocycles. The van der Waals surface area contributed by atoms with Gasteiger partial charge < -0.3 is 15.3 Å². The molecule has 2 aliphatic rings. The number of benzene rings is 1. The van der Waals surface area contributed by atoms with Crippen LogP contribution in [0.3, 0.4) is 0 Å². The Hall–Kier alpha value is -3.25. The number of hydrogen-bond acceptors (Lipinski definition) is 5. The van der Waals surface area contributed by atoms with Gasteiger partial charge in [-0.15, -0.1) is 0 Å². The number of hydrogen-bond donors (Lipinski definition) is 2. The van der Waals surface area contributed by atoms with Crippen LogP contribution in [0, 0.1) is 0 Å². The van der Waals surface area contributed by atoms with Crippen molar-refractivity contribution in [2.75, 3.05) is 18.5 Å². The molecule has 0 bridgehead atoms. The topological polar surface area (TPSA) is 77.8 Å². The smallest absolute Gasteiger partial charge is 0.257 e. The zero-order chi connectivity index (χ0) is 21.8. The second-order valence-electron chi connectivity index (χ2n) is 8.11. The number of allylic oxidation sites excluding steroid dienone is 2. The number of aliphatic imine (C=N–C) groups is 1. The highest BCUT2D eigenvalue weighted by Crippen LogP contribution is 2.38. The number of aliphatic hydroxyl groups excluding tert-OH is 1. The summed E-state index contributed by atoms with van der Waals surface area (Å²) < 4.78 is 0. The number of aromatic nitrogens is 1. The van der Waals surface area contributed by atoms with E-state index in [2.05, 4.69) is 26.8 Å². The summed E-state index contributed by atoms with van der Waals surface area (Å²) in [5, 5.41) is 13.2. The van der Waals surface area contributed by atoms with E-state index >= 15 is 0 Å². The van der Waals surface area contributed by atoms with Crippen LogP contribution in [0.1, 0.15) is 48.0 Å². The molecule has 2 N–H and O–H groups in total. The Balaban J connectivity index is 1.48. The van der Waals surface area contributed by atoms with Crippen LogP contribution in [0.4, 0.5) is 5.69 Å². The molecule has 1 amide bonds. The van der Waals surface area contributed by atoms with E-state index in [0.717, 1.165) is 48.5 Å². The molecule has 0 spiro atoms. The highest BCUT2D eigenvalue weighted by atomic mass is 16.3. The molecule has 0 radical (unpaired) electrons. The first-order chi connectivity index (χ1) is 15.1. The van der Waals surface area contributed by atoms with Gasteiger partial charge in [0.05, 0.1) is 18.2 Å². The monoisotopic (exact) mass is 416 g/mol. The van der Waals surface area contributed by atoms with Crippen LogP contribution in [0.25, 0.3) is 0 Å². The van der Waals surface area contributed by atoms with Gasteiger partial charge in [-0.2, -0.15) is 0 Å². The van der Waals surface area contributed by atoms with E-state index in [4.69, 9.17) is 0 Å². The maximum atomic E-state index is 12.4. The minimum atomic E-state index is -0.184. The first kappa shape index (κ1) is 21.0. The Morgan fingerprint density at radius 3 is 2.74 bits per heavy atom. The summed E-state index contributed by atoms with van der Waals surface area (Å²) in [4.78, 5) is 23.0. The lowest BCUT2D eigenvalue weighted by Gasteiger charge is -2.44. The van der Waals surface area contributed by atoms with Gasteiger partial charge in [-0.1, -0.05) is 18.7 Å². The van der Waals surface area contributed by atoms with E-state index < -0.39 is 0 Å². The van der Waals surface area contributed by atoms with Crippen molar-refractivity contribution < 1.29 is 9.90 Å². The highest BCUT2D eigenvalue weighted by molar-refractivity contribution is 6.04. The molecule has 1 aromatic heterocycles. The number of nitrogens with one attached hydrogen (secondary N) is 1. The number of aliphatic hydroxyl groups is 1. The van der Waals surface area contributed by atoms with E-state index in [1.165, 1.54) is 5.57 Å². The Kier molecular flexibility index (Phi) is 6.28. The number of carbonyl (C=O) groups excluding carboxylic acids is 1. The molecular weight excluding hydrogens is 388 g/mol. The molecule has 1 fully saturated rings. The molecular formula is C25H28N4O2. The van der Waals surface area contributed by atoms with E-state index in [1.807, 2.05) is 37.4 Å². The number of nitrogens with zero attached hydrogens (tertiary/aromatic N) is 3. The molecule has 0 unspecified atom stereocenters. The second kappa shape index (κ2) is 9.27. The maximum Gasteiger partial charge on any atom is 0.257 e. The van der Waals surface area contributed by atoms with E-state index in [0.29, 0.717) is 5.56 Å². The molecule has 6 nitrogen and oxygen atoms in total. The first-order valence-electron chi connectivity index (χ1n) is 10.6. The lowest BCUT2D eigenvalue weighted by atomic mass is 9.82. The summed E-state index contributed by atoms with van der Waals surface area (Å²) in [6.45, 7) is 7.12. The fraction of sp³-hybridized carbons (Fsp3) is 0.320. The molecule has 1 aromatic carbocycles. The van der Waals surface area contributed by atoms with E-state index in [1.54, 1.807) is 24.5 Å². The lowest BCUT2D eigenvalue weighted by molar-refractivity contribution is 0.102. The molecule has 3 heterocycles. The summed E-state index contributed by atoms with van der Waals surface area (Å²) >= 11 is 0. The van der Waals surface area contributed by atoms with E-state index in [-0.39, 0.29) is 24.5 Å². The average molecular weight is 417 g/mol. The summed E-state index contributed by atoms with van der Waals surface area (Å²) in [7, 11) is 0. The van der Waals surface area contributed by atoms with Crippen LogP contribution in [-0.2, 0) is 0 Å². The molecule has 31 heavy (non-hydrogen) atoms. The number of piperidine rings is 1. The van der Waals surface area contributed by atoms with Crippen molar-refractivity contribution in [1.29, 1.82) is 0 Å². The number of amides is 1. The number of anilines is 1. The summed E-state index contributed by atoms with van der Waals surface area (Å²) in [5.41, 5.74) is 5.84. The van der Waals surface area contributed by atoms with Gasteiger partial charge in [0.25, 0.3) is 5.91 Å². The third kappa shape index (κ3) is 4.59.